The van der Waals surface area contributed by atoms with Crippen LogP contribution >= 0.6 is 23.1 Å². The fraction of sp³-hybridized carbons (Fsp3) is 0.200. The number of nitrogens with zero attached hydrogens (tertiary/aromatic N) is 2. The van der Waals surface area contributed by atoms with Gasteiger partial charge in [-0.1, -0.05) is 37.2 Å². The molecule has 2 amide bonds. The van der Waals surface area contributed by atoms with Gasteiger partial charge in [-0.05, 0) is 36.8 Å². The molecule has 0 saturated carbocycles. The van der Waals surface area contributed by atoms with Crippen LogP contribution in [0.5, 0.6) is 0 Å². The molecule has 2 heterocycles. The number of aromatic nitrogens is 1. The van der Waals surface area contributed by atoms with Crippen molar-refractivity contribution in [1.82, 2.24) is 4.98 Å². The SMILES string of the molecule is CCCC(Sc1nc2ccc(N3C(=O)c4ccccc4C3=O)cc2s1)C(=O)O. The molecule has 0 spiro atoms. The van der Waals surface area contributed by atoms with Crippen molar-refractivity contribution in [3.8, 4) is 0 Å². The molecular formula is C20H16N2O4S2. The maximum Gasteiger partial charge on any atom is 0.317 e. The standard InChI is InChI=1S/C20H16N2O4S2/c1-2-5-15(19(25)26)27-20-21-14-9-8-11(10-16(14)28-20)22-17(23)12-6-3-4-7-13(12)18(22)24/h3-4,6-10,15H,2,5H2,1H3,(H,25,26). The van der Waals surface area contributed by atoms with Crippen LogP contribution in [-0.2, 0) is 4.79 Å². The van der Waals surface area contributed by atoms with E-state index in [1.165, 1.54) is 28.0 Å². The van der Waals surface area contributed by atoms with E-state index in [-0.39, 0.29) is 11.8 Å². The minimum atomic E-state index is -0.849. The lowest BCUT2D eigenvalue weighted by molar-refractivity contribution is -0.136. The highest BCUT2D eigenvalue weighted by atomic mass is 32.2. The summed E-state index contributed by atoms with van der Waals surface area (Å²) in [5.41, 5.74) is 2.00. The summed E-state index contributed by atoms with van der Waals surface area (Å²) in [6.45, 7) is 1.95. The van der Waals surface area contributed by atoms with Crippen LogP contribution in [0.2, 0.25) is 0 Å². The van der Waals surface area contributed by atoms with E-state index in [4.69, 9.17) is 0 Å². The minimum Gasteiger partial charge on any atom is -0.480 e. The van der Waals surface area contributed by atoms with Gasteiger partial charge in [0.15, 0.2) is 4.34 Å². The van der Waals surface area contributed by atoms with Crippen LogP contribution in [0.1, 0.15) is 40.5 Å². The number of carboxylic acid groups (broad SMARTS) is 1. The summed E-state index contributed by atoms with van der Waals surface area (Å²) >= 11 is 2.60. The molecule has 1 atom stereocenters. The number of amides is 2. The molecule has 3 aromatic rings. The van der Waals surface area contributed by atoms with Crippen molar-refractivity contribution in [2.24, 2.45) is 0 Å². The lowest BCUT2D eigenvalue weighted by atomic mass is 10.1. The number of hydrogen-bond donors (Lipinski definition) is 1. The lowest BCUT2D eigenvalue weighted by Crippen LogP contribution is -2.29. The van der Waals surface area contributed by atoms with Crippen molar-refractivity contribution < 1.29 is 19.5 Å². The van der Waals surface area contributed by atoms with Gasteiger partial charge < -0.3 is 5.11 Å². The Morgan fingerprint density at radius 2 is 1.86 bits per heavy atom. The normalized spacial score (nSPS) is 14.5. The molecule has 28 heavy (non-hydrogen) atoms. The van der Waals surface area contributed by atoms with E-state index in [1.807, 2.05) is 6.92 Å². The molecule has 1 aliphatic heterocycles. The Morgan fingerprint density at radius 1 is 1.18 bits per heavy atom. The van der Waals surface area contributed by atoms with Gasteiger partial charge in [0.1, 0.15) is 5.25 Å². The molecule has 0 radical (unpaired) electrons. The van der Waals surface area contributed by atoms with Crippen LogP contribution in [-0.4, -0.2) is 33.1 Å². The van der Waals surface area contributed by atoms with Crippen LogP contribution < -0.4 is 4.90 Å². The van der Waals surface area contributed by atoms with Crippen molar-refractivity contribution in [2.45, 2.75) is 29.4 Å². The van der Waals surface area contributed by atoms with Crippen molar-refractivity contribution >= 4 is 56.8 Å². The van der Waals surface area contributed by atoms with Crippen LogP contribution in [0, 0.1) is 0 Å². The summed E-state index contributed by atoms with van der Waals surface area (Å²) in [6, 6.07) is 12.0. The lowest BCUT2D eigenvalue weighted by Gasteiger charge is -2.13. The number of aliphatic carboxylic acids is 1. The predicted octanol–water partition coefficient (Wildman–Crippen LogP) is 4.44. The van der Waals surface area contributed by atoms with E-state index in [9.17, 15) is 19.5 Å². The first kappa shape index (κ1) is 18.6. The van der Waals surface area contributed by atoms with E-state index in [1.54, 1.807) is 42.5 Å². The number of carbonyl (C=O) groups excluding carboxylic acids is 2. The Bertz CT molecular complexity index is 1070. The van der Waals surface area contributed by atoms with Gasteiger partial charge in [0, 0.05) is 0 Å². The zero-order valence-electron chi connectivity index (χ0n) is 14.9. The molecule has 1 N–H and O–H groups in total. The van der Waals surface area contributed by atoms with E-state index < -0.39 is 11.2 Å². The van der Waals surface area contributed by atoms with Crippen molar-refractivity contribution in [1.29, 1.82) is 0 Å². The second kappa shape index (κ2) is 7.37. The van der Waals surface area contributed by atoms with Crippen LogP contribution in [0.3, 0.4) is 0 Å². The quantitative estimate of drug-likeness (QED) is 0.476. The number of thioether (sulfide) groups is 1. The molecule has 4 rings (SSSR count). The molecule has 8 heteroatoms. The zero-order chi connectivity index (χ0) is 19.8. The van der Waals surface area contributed by atoms with E-state index in [2.05, 4.69) is 4.98 Å². The zero-order valence-corrected chi connectivity index (χ0v) is 16.5. The Labute approximate surface area is 169 Å². The third-order valence-electron chi connectivity index (χ3n) is 4.47. The maximum absolute atomic E-state index is 12.7. The monoisotopic (exact) mass is 412 g/mol. The molecule has 0 bridgehead atoms. The predicted molar refractivity (Wildman–Crippen MR) is 109 cm³/mol. The van der Waals surface area contributed by atoms with Gasteiger partial charge in [0.05, 0.1) is 27.0 Å². The fourth-order valence-electron chi connectivity index (χ4n) is 3.12. The molecule has 2 aromatic carbocycles. The Morgan fingerprint density at radius 3 is 2.46 bits per heavy atom. The second-order valence-corrected chi connectivity index (χ2v) is 8.84. The van der Waals surface area contributed by atoms with Gasteiger partial charge in [0.2, 0.25) is 0 Å². The second-order valence-electron chi connectivity index (χ2n) is 6.36. The van der Waals surface area contributed by atoms with E-state index >= 15 is 0 Å². The summed E-state index contributed by atoms with van der Waals surface area (Å²) in [4.78, 5) is 42.4. The first-order valence-electron chi connectivity index (χ1n) is 8.77. The minimum absolute atomic E-state index is 0.340. The molecule has 1 aliphatic rings. The van der Waals surface area contributed by atoms with Gasteiger partial charge in [0.25, 0.3) is 11.8 Å². The number of benzene rings is 2. The van der Waals surface area contributed by atoms with Crippen molar-refractivity contribution in [2.75, 3.05) is 4.90 Å². The topological polar surface area (TPSA) is 87.6 Å². The highest BCUT2D eigenvalue weighted by Crippen LogP contribution is 2.36. The van der Waals surface area contributed by atoms with E-state index in [0.717, 1.165) is 11.1 Å². The fourth-order valence-corrected chi connectivity index (χ4v) is 5.51. The Balaban J connectivity index is 1.65. The van der Waals surface area contributed by atoms with Gasteiger partial charge in [-0.2, -0.15) is 0 Å². The summed E-state index contributed by atoms with van der Waals surface area (Å²) in [6.07, 6.45) is 1.34. The van der Waals surface area contributed by atoms with Crippen molar-refractivity contribution in [3.05, 3.63) is 53.6 Å². The molecule has 0 aliphatic carbocycles. The number of rotatable bonds is 6. The van der Waals surface area contributed by atoms with Crippen LogP contribution in [0.25, 0.3) is 10.2 Å². The average molecular weight is 412 g/mol. The third kappa shape index (κ3) is 3.18. The summed E-state index contributed by atoms with van der Waals surface area (Å²) in [5, 5.41) is 8.81. The highest BCUT2D eigenvalue weighted by molar-refractivity contribution is 8.02. The average Bonchev–Trinajstić information content (AvgIpc) is 3.19. The summed E-state index contributed by atoms with van der Waals surface area (Å²) < 4.78 is 1.47. The Hall–Kier alpha value is -2.71. The number of hydrogen-bond acceptors (Lipinski definition) is 6. The van der Waals surface area contributed by atoms with E-state index in [0.29, 0.717) is 33.1 Å². The number of carboxylic acids is 1. The first-order chi connectivity index (χ1) is 13.5. The smallest absolute Gasteiger partial charge is 0.317 e. The molecule has 1 aromatic heterocycles. The first-order valence-corrected chi connectivity index (χ1v) is 10.5. The highest BCUT2D eigenvalue weighted by Gasteiger charge is 2.36. The number of anilines is 1. The molecule has 142 valence electrons. The summed E-state index contributed by atoms with van der Waals surface area (Å²) in [5.74, 6) is -1.53. The van der Waals surface area contributed by atoms with Gasteiger partial charge >= 0.3 is 5.97 Å². The Kier molecular flexibility index (Phi) is 4.91. The molecule has 6 nitrogen and oxygen atoms in total. The number of carbonyl (C=O) groups is 3. The van der Waals surface area contributed by atoms with Gasteiger partial charge in [-0.15, -0.1) is 11.3 Å². The molecule has 1 unspecified atom stereocenters. The third-order valence-corrected chi connectivity index (χ3v) is 6.84. The van der Waals surface area contributed by atoms with Gasteiger partial charge in [-0.25, -0.2) is 9.88 Å². The molecule has 0 fully saturated rings. The molecule has 0 saturated heterocycles. The number of fused-ring (bicyclic) bond motifs is 2. The van der Waals surface area contributed by atoms with Crippen molar-refractivity contribution in [3.63, 3.8) is 0 Å². The number of thiazole rings is 1. The largest absolute Gasteiger partial charge is 0.480 e. The van der Waals surface area contributed by atoms with Gasteiger partial charge in [-0.3, -0.25) is 14.4 Å². The van der Waals surface area contributed by atoms with Crippen LogP contribution in [0.4, 0.5) is 5.69 Å². The summed E-state index contributed by atoms with van der Waals surface area (Å²) in [7, 11) is 0. The molecular weight excluding hydrogens is 396 g/mol. The number of imide groups is 1. The maximum atomic E-state index is 12.7. The van der Waals surface area contributed by atoms with Crippen LogP contribution in [0.15, 0.2) is 46.8 Å².